The van der Waals surface area contributed by atoms with Crippen molar-refractivity contribution in [3.8, 4) is 5.75 Å². The van der Waals surface area contributed by atoms with Crippen molar-refractivity contribution in [3.05, 3.63) is 23.8 Å². The molecule has 1 N–H and O–H groups in total. The molecule has 88 valence electrons. The van der Waals surface area contributed by atoms with Crippen LogP contribution in [0.3, 0.4) is 0 Å². The highest BCUT2D eigenvalue weighted by Gasteiger charge is 2.09. The van der Waals surface area contributed by atoms with E-state index >= 15 is 0 Å². The molecule has 0 aliphatic rings. The zero-order valence-corrected chi connectivity index (χ0v) is 9.87. The molecular formula is C12H17NO3. The van der Waals surface area contributed by atoms with E-state index in [1.165, 1.54) is 7.11 Å². The topological polar surface area (TPSA) is 47.6 Å². The number of para-hydroxylation sites is 1. The van der Waals surface area contributed by atoms with E-state index in [9.17, 15) is 4.79 Å². The Hall–Kier alpha value is -1.71. The fraction of sp³-hybridized carbons (Fsp3) is 0.417. The smallest absolute Gasteiger partial charge is 0.325 e. The zero-order valence-electron chi connectivity index (χ0n) is 9.87. The van der Waals surface area contributed by atoms with Gasteiger partial charge in [0.1, 0.15) is 12.3 Å². The van der Waals surface area contributed by atoms with Crippen molar-refractivity contribution in [2.45, 2.75) is 13.3 Å². The van der Waals surface area contributed by atoms with Gasteiger partial charge in [0.05, 0.1) is 19.9 Å². The molecule has 0 spiro atoms. The Balaban J connectivity index is 2.86. The number of hydrogen-bond acceptors (Lipinski definition) is 4. The number of hydrogen-bond donors (Lipinski definition) is 1. The van der Waals surface area contributed by atoms with Gasteiger partial charge >= 0.3 is 5.97 Å². The van der Waals surface area contributed by atoms with Crippen molar-refractivity contribution in [1.82, 2.24) is 0 Å². The number of anilines is 1. The molecule has 0 aliphatic heterocycles. The molecule has 4 heteroatoms. The molecule has 0 saturated heterocycles. The van der Waals surface area contributed by atoms with Gasteiger partial charge in [0, 0.05) is 0 Å². The Morgan fingerprint density at radius 3 is 2.69 bits per heavy atom. The number of aryl methyl sites for hydroxylation is 1. The van der Waals surface area contributed by atoms with Crippen LogP contribution >= 0.6 is 0 Å². The van der Waals surface area contributed by atoms with E-state index in [4.69, 9.17) is 4.74 Å². The third-order valence-electron chi connectivity index (χ3n) is 2.35. The fourth-order valence-corrected chi connectivity index (χ4v) is 1.47. The molecule has 0 aromatic heterocycles. The van der Waals surface area contributed by atoms with Gasteiger partial charge in [-0.25, -0.2) is 0 Å². The molecule has 1 rings (SSSR count). The summed E-state index contributed by atoms with van der Waals surface area (Å²) in [6.07, 6.45) is 0.876. The number of benzene rings is 1. The predicted octanol–water partition coefficient (Wildman–Crippen LogP) is 1.84. The summed E-state index contributed by atoms with van der Waals surface area (Å²) in [5, 5.41) is 3.03. The molecular weight excluding hydrogens is 206 g/mol. The molecule has 16 heavy (non-hydrogen) atoms. The highest BCUT2D eigenvalue weighted by atomic mass is 16.5. The molecule has 0 bridgehead atoms. The summed E-state index contributed by atoms with van der Waals surface area (Å²) < 4.78 is 9.82. The van der Waals surface area contributed by atoms with Crippen molar-refractivity contribution in [2.75, 3.05) is 26.1 Å². The van der Waals surface area contributed by atoms with E-state index in [0.717, 1.165) is 23.4 Å². The third-order valence-corrected chi connectivity index (χ3v) is 2.35. The summed E-state index contributed by atoms with van der Waals surface area (Å²) in [5.74, 6) is 0.441. The van der Waals surface area contributed by atoms with E-state index in [1.807, 2.05) is 18.2 Å². The highest BCUT2D eigenvalue weighted by Crippen LogP contribution is 2.28. The second-order valence-corrected chi connectivity index (χ2v) is 3.28. The lowest BCUT2D eigenvalue weighted by atomic mass is 10.1. The van der Waals surface area contributed by atoms with Crippen LogP contribution in [0, 0.1) is 0 Å². The summed E-state index contributed by atoms with van der Waals surface area (Å²) in [5.41, 5.74) is 1.97. The van der Waals surface area contributed by atoms with Gasteiger partial charge in [-0.05, 0) is 18.1 Å². The van der Waals surface area contributed by atoms with E-state index in [0.29, 0.717) is 0 Å². The van der Waals surface area contributed by atoms with E-state index in [1.54, 1.807) is 7.11 Å². The fourth-order valence-electron chi connectivity index (χ4n) is 1.47. The van der Waals surface area contributed by atoms with Crippen LogP contribution in [0.5, 0.6) is 5.75 Å². The van der Waals surface area contributed by atoms with Crippen LogP contribution in [-0.2, 0) is 16.0 Å². The number of carbonyl (C=O) groups is 1. The molecule has 4 nitrogen and oxygen atoms in total. The van der Waals surface area contributed by atoms with E-state index in [2.05, 4.69) is 17.0 Å². The van der Waals surface area contributed by atoms with Crippen LogP contribution in [0.15, 0.2) is 18.2 Å². The minimum Gasteiger partial charge on any atom is -0.495 e. The van der Waals surface area contributed by atoms with Crippen LogP contribution in [0.25, 0.3) is 0 Å². The lowest BCUT2D eigenvalue weighted by Crippen LogP contribution is -2.16. The maximum atomic E-state index is 11.1. The minimum absolute atomic E-state index is 0.143. The Morgan fingerprint density at radius 2 is 2.12 bits per heavy atom. The first-order valence-electron chi connectivity index (χ1n) is 5.19. The number of ether oxygens (including phenoxy) is 2. The van der Waals surface area contributed by atoms with Crippen molar-refractivity contribution < 1.29 is 14.3 Å². The molecule has 0 unspecified atom stereocenters. The molecule has 1 aromatic rings. The molecule has 0 heterocycles. The monoisotopic (exact) mass is 223 g/mol. The number of carbonyl (C=O) groups excluding carboxylic acids is 1. The first-order chi connectivity index (χ1) is 7.72. The van der Waals surface area contributed by atoms with Gasteiger partial charge in [-0.1, -0.05) is 19.1 Å². The van der Waals surface area contributed by atoms with Crippen LogP contribution in [0.1, 0.15) is 12.5 Å². The van der Waals surface area contributed by atoms with Crippen LogP contribution in [0.4, 0.5) is 5.69 Å². The second-order valence-electron chi connectivity index (χ2n) is 3.28. The Bertz CT molecular complexity index is 341. The quantitative estimate of drug-likeness (QED) is 0.774. The number of esters is 1. The van der Waals surface area contributed by atoms with Crippen LogP contribution in [-0.4, -0.2) is 26.7 Å². The maximum absolute atomic E-state index is 11.1. The van der Waals surface area contributed by atoms with Crippen molar-refractivity contribution in [2.24, 2.45) is 0 Å². The lowest BCUT2D eigenvalue weighted by Gasteiger charge is -2.14. The van der Waals surface area contributed by atoms with Gasteiger partial charge in [-0.2, -0.15) is 0 Å². The number of methoxy groups -OCH3 is 2. The van der Waals surface area contributed by atoms with Crippen LogP contribution in [0.2, 0.25) is 0 Å². The molecule has 1 aromatic carbocycles. The first kappa shape index (κ1) is 12.4. The second kappa shape index (κ2) is 6.00. The minimum atomic E-state index is -0.298. The van der Waals surface area contributed by atoms with Crippen LogP contribution < -0.4 is 10.1 Å². The number of nitrogens with one attached hydrogen (secondary N) is 1. The Kier molecular flexibility index (Phi) is 4.64. The molecule has 0 atom stereocenters. The van der Waals surface area contributed by atoms with Gasteiger partial charge in [-0.3, -0.25) is 4.79 Å². The Labute approximate surface area is 95.6 Å². The van der Waals surface area contributed by atoms with Gasteiger partial charge in [-0.15, -0.1) is 0 Å². The summed E-state index contributed by atoms with van der Waals surface area (Å²) >= 11 is 0. The normalized spacial score (nSPS) is 9.69. The van der Waals surface area contributed by atoms with Gasteiger partial charge in [0.15, 0.2) is 0 Å². The average molecular weight is 223 g/mol. The predicted molar refractivity (Wildman–Crippen MR) is 62.9 cm³/mol. The largest absolute Gasteiger partial charge is 0.495 e. The van der Waals surface area contributed by atoms with Crippen molar-refractivity contribution in [1.29, 1.82) is 0 Å². The molecule has 0 radical (unpaired) electrons. The highest BCUT2D eigenvalue weighted by molar-refractivity contribution is 5.76. The van der Waals surface area contributed by atoms with Crippen molar-refractivity contribution in [3.63, 3.8) is 0 Å². The Morgan fingerprint density at radius 1 is 1.38 bits per heavy atom. The summed E-state index contributed by atoms with van der Waals surface area (Å²) in [6, 6.07) is 5.79. The first-order valence-corrected chi connectivity index (χ1v) is 5.19. The average Bonchev–Trinajstić information content (AvgIpc) is 2.35. The van der Waals surface area contributed by atoms with Gasteiger partial charge in [0.25, 0.3) is 0 Å². The standard InChI is InChI=1S/C12H17NO3/c1-4-9-6-5-7-10(15-2)12(9)13-8-11(14)16-3/h5-7,13H,4,8H2,1-3H3. The molecule has 0 amide bonds. The third kappa shape index (κ3) is 2.89. The maximum Gasteiger partial charge on any atom is 0.325 e. The summed E-state index contributed by atoms with van der Waals surface area (Å²) in [6.45, 7) is 2.20. The van der Waals surface area contributed by atoms with Gasteiger partial charge < -0.3 is 14.8 Å². The number of rotatable bonds is 5. The SMILES string of the molecule is CCc1cccc(OC)c1NCC(=O)OC. The lowest BCUT2D eigenvalue weighted by molar-refractivity contribution is -0.138. The molecule has 0 fully saturated rings. The van der Waals surface area contributed by atoms with E-state index < -0.39 is 0 Å². The zero-order chi connectivity index (χ0) is 12.0. The molecule has 0 aliphatic carbocycles. The molecule has 0 saturated carbocycles. The summed E-state index contributed by atoms with van der Waals surface area (Å²) in [7, 11) is 2.98. The van der Waals surface area contributed by atoms with E-state index in [-0.39, 0.29) is 12.5 Å². The summed E-state index contributed by atoms with van der Waals surface area (Å²) in [4.78, 5) is 11.1. The van der Waals surface area contributed by atoms with Crippen molar-refractivity contribution >= 4 is 11.7 Å². The van der Waals surface area contributed by atoms with Gasteiger partial charge in [0.2, 0.25) is 0 Å².